The molecule has 0 spiro atoms. The van der Waals surface area contributed by atoms with Crippen molar-refractivity contribution in [3.05, 3.63) is 28.7 Å². The molecular formula is C14H19N5O. The Balaban J connectivity index is 1.55. The summed E-state index contributed by atoms with van der Waals surface area (Å²) in [6.45, 7) is 4.43. The number of aromatic nitrogens is 3. The van der Waals surface area contributed by atoms with Crippen molar-refractivity contribution in [3.8, 4) is 0 Å². The fourth-order valence-corrected chi connectivity index (χ4v) is 2.53. The Kier molecular flexibility index (Phi) is 3.92. The van der Waals surface area contributed by atoms with Crippen LogP contribution in [0.3, 0.4) is 0 Å². The maximum atomic E-state index is 11.3. The van der Waals surface area contributed by atoms with Gasteiger partial charge in [-0.25, -0.2) is 4.98 Å². The molecule has 0 atom stereocenters. The Morgan fingerprint density at radius 1 is 1.30 bits per heavy atom. The Morgan fingerprint density at radius 3 is 3.00 bits per heavy atom. The summed E-state index contributed by atoms with van der Waals surface area (Å²) in [4.78, 5) is 25.0. The third-order valence-electron chi connectivity index (χ3n) is 3.61. The predicted molar refractivity (Wildman–Crippen MR) is 78.9 cm³/mol. The minimum Gasteiger partial charge on any atom is -0.354 e. The molecule has 3 heterocycles. The lowest BCUT2D eigenvalue weighted by atomic mass is 10.3. The van der Waals surface area contributed by atoms with Crippen LogP contribution in [0.25, 0.3) is 11.0 Å². The minimum atomic E-state index is -0.142. The number of aromatic amines is 1. The van der Waals surface area contributed by atoms with Gasteiger partial charge in [0.05, 0.1) is 0 Å². The van der Waals surface area contributed by atoms with E-state index < -0.39 is 0 Å². The molecular weight excluding hydrogens is 254 g/mol. The van der Waals surface area contributed by atoms with Gasteiger partial charge in [0.15, 0.2) is 0 Å². The first-order valence-electron chi connectivity index (χ1n) is 7.13. The number of nitrogens with zero attached hydrogens (tertiary/aromatic N) is 3. The van der Waals surface area contributed by atoms with E-state index in [0.29, 0.717) is 11.6 Å². The number of fused-ring (bicyclic) bond motifs is 1. The molecule has 106 valence electrons. The van der Waals surface area contributed by atoms with E-state index in [-0.39, 0.29) is 5.56 Å². The van der Waals surface area contributed by atoms with E-state index >= 15 is 0 Å². The zero-order chi connectivity index (χ0) is 13.8. The third-order valence-corrected chi connectivity index (χ3v) is 3.61. The second-order valence-electron chi connectivity index (χ2n) is 5.15. The minimum absolute atomic E-state index is 0.142. The van der Waals surface area contributed by atoms with Crippen LogP contribution in [0.5, 0.6) is 0 Å². The van der Waals surface area contributed by atoms with Gasteiger partial charge in [-0.15, -0.1) is 0 Å². The number of H-pyrrole nitrogens is 1. The van der Waals surface area contributed by atoms with Gasteiger partial charge in [0.2, 0.25) is 11.5 Å². The molecule has 1 aliphatic rings. The molecule has 2 aromatic heterocycles. The highest BCUT2D eigenvalue weighted by molar-refractivity contribution is 5.74. The lowest BCUT2D eigenvalue weighted by Gasteiger charge is -2.14. The number of hydrogen-bond acceptors (Lipinski definition) is 5. The number of nitrogens with one attached hydrogen (secondary N) is 2. The van der Waals surface area contributed by atoms with Gasteiger partial charge in [-0.2, -0.15) is 4.98 Å². The number of likely N-dealkylation sites (tertiary alicyclic amines) is 1. The average Bonchev–Trinajstić information content (AvgIpc) is 2.96. The second-order valence-corrected chi connectivity index (χ2v) is 5.15. The van der Waals surface area contributed by atoms with Gasteiger partial charge in [0.25, 0.3) is 0 Å². The van der Waals surface area contributed by atoms with E-state index in [1.54, 1.807) is 12.3 Å². The zero-order valence-electron chi connectivity index (χ0n) is 11.4. The van der Waals surface area contributed by atoms with E-state index in [4.69, 9.17) is 0 Å². The number of hydrogen-bond donors (Lipinski definition) is 2. The Bertz CT molecular complexity index is 633. The van der Waals surface area contributed by atoms with Gasteiger partial charge in [-0.3, -0.25) is 4.79 Å². The molecule has 0 amide bonds. The van der Waals surface area contributed by atoms with E-state index in [0.717, 1.165) is 24.9 Å². The molecule has 1 fully saturated rings. The lowest BCUT2D eigenvalue weighted by Crippen LogP contribution is -2.22. The number of rotatable bonds is 5. The van der Waals surface area contributed by atoms with Crippen LogP contribution in [0.2, 0.25) is 0 Å². The summed E-state index contributed by atoms with van der Waals surface area (Å²) in [5, 5.41) is 4.05. The molecule has 0 saturated carbocycles. The van der Waals surface area contributed by atoms with E-state index in [1.165, 1.54) is 32.0 Å². The average molecular weight is 273 g/mol. The first-order valence-corrected chi connectivity index (χ1v) is 7.13. The van der Waals surface area contributed by atoms with Crippen molar-refractivity contribution < 1.29 is 0 Å². The SMILES string of the molecule is O=c1ccc2cnc(NCCCN3CCCC3)nc2[nH]1. The molecule has 20 heavy (non-hydrogen) atoms. The summed E-state index contributed by atoms with van der Waals surface area (Å²) in [6, 6.07) is 3.21. The Hall–Kier alpha value is -1.95. The number of anilines is 1. The largest absolute Gasteiger partial charge is 0.354 e. The number of pyridine rings is 1. The molecule has 3 rings (SSSR count). The van der Waals surface area contributed by atoms with Gasteiger partial charge in [-0.1, -0.05) is 0 Å². The molecule has 1 aliphatic heterocycles. The summed E-state index contributed by atoms with van der Waals surface area (Å²) in [5.74, 6) is 0.570. The molecule has 0 unspecified atom stereocenters. The van der Waals surface area contributed by atoms with Crippen LogP contribution in [-0.2, 0) is 0 Å². The van der Waals surface area contributed by atoms with Crippen molar-refractivity contribution >= 4 is 17.0 Å². The quantitative estimate of drug-likeness (QED) is 0.801. The van der Waals surface area contributed by atoms with Gasteiger partial charge < -0.3 is 15.2 Å². The van der Waals surface area contributed by atoms with Crippen LogP contribution in [0, 0.1) is 0 Å². The molecule has 2 aromatic rings. The van der Waals surface area contributed by atoms with Crippen molar-refractivity contribution in [1.29, 1.82) is 0 Å². The fourth-order valence-electron chi connectivity index (χ4n) is 2.53. The van der Waals surface area contributed by atoms with Crippen molar-refractivity contribution in [2.75, 3.05) is 31.5 Å². The van der Waals surface area contributed by atoms with Crippen molar-refractivity contribution in [3.63, 3.8) is 0 Å². The normalized spacial score (nSPS) is 15.8. The van der Waals surface area contributed by atoms with E-state index in [2.05, 4.69) is 25.2 Å². The van der Waals surface area contributed by atoms with Crippen molar-refractivity contribution in [2.45, 2.75) is 19.3 Å². The summed E-state index contributed by atoms with van der Waals surface area (Å²) < 4.78 is 0. The van der Waals surface area contributed by atoms with Crippen LogP contribution in [0.4, 0.5) is 5.95 Å². The van der Waals surface area contributed by atoms with Crippen LogP contribution in [0.1, 0.15) is 19.3 Å². The summed E-state index contributed by atoms with van der Waals surface area (Å²) in [6.07, 6.45) is 5.46. The third kappa shape index (κ3) is 3.14. The first kappa shape index (κ1) is 13.1. The predicted octanol–water partition coefficient (Wildman–Crippen LogP) is 1.22. The Labute approximate surface area is 117 Å². The van der Waals surface area contributed by atoms with E-state index in [9.17, 15) is 4.79 Å². The topological polar surface area (TPSA) is 73.9 Å². The summed E-state index contributed by atoms with van der Waals surface area (Å²) in [7, 11) is 0. The molecule has 0 aliphatic carbocycles. The van der Waals surface area contributed by atoms with Crippen molar-refractivity contribution in [2.24, 2.45) is 0 Å². The van der Waals surface area contributed by atoms with Gasteiger partial charge in [-0.05, 0) is 45.0 Å². The van der Waals surface area contributed by atoms with Crippen LogP contribution < -0.4 is 10.9 Å². The molecule has 6 nitrogen and oxygen atoms in total. The first-order chi connectivity index (χ1) is 9.81. The smallest absolute Gasteiger partial charge is 0.249 e. The molecule has 2 N–H and O–H groups in total. The molecule has 0 aromatic carbocycles. The van der Waals surface area contributed by atoms with E-state index in [1.807, 2.05) is 0 Å². The summed E-state index contributed by atoms with van der Waals surface area (Å²) in [5.41, 5.74) is 0.436. The van der Waals surface area contributed by atoms with Gasteiger partial charge in [0.1, 0.15) is 5.65 Å². The fraction of sp³-hybridized carbons (Fsp3) is 0.500. The highest BCUT2D eigenvalue weighted by atomic mass is 16.1. The monoisotopic (exact) mass is 273 g/mol. The maximum absolute atomic E-state index is 11.3. The van der Waals surface area contributed by atoms with Crippen LogP contribution >= 0.6 is 0 Å². The van der Waals surface area contributed by atoms with Crippen LogP contribution in [-0.4, -0.2) is 46.0 Å². The molecule has 0 radical (unpaired) electrons. The molecule has 1 saturated heterocycles. The second kappa shape index (κ2) is 6.00. The molecule has 6 heteroatoms. The van der Waals surface area contributed by atoms with Crippen LogP contribution in [0.15, 0.2) is 23.1 Å². The van der Waals surface area contributed by atoms with Gasteiger partial charge in [0, 0.05) is 24.2 Å². The highest BCUT2D eigenvalue weighted by Crippen LogP contribution is 2.09. The Morgan fingerprint density at radius 2 is 2.15 bits per heavy atom. The van der Waals surface area contributed by atoms with Gasteiger partial charge >= 0.3 is 0 Å². The highest BCUT2D eigenvalue weighted by Gasteiger charge is 2.10. The standard InChI is InChI=1S/C14H19N5O/c20-12-5-4-11-10-16-14(18-13(11)17-12)15-6-3-9-19-7-1-2-8-19/h4-5,10H,1-3,6-9H2,(H2,15,16,17,18,20). The maximum Gasteiger partial charge on any atom is 0.249 e. The lowest BCUT2D eigenvalue weighted by molar-refractivity contribution is 0.337. The van der Waals surface area contributed by atoms with Crippen molar-refractivity contribution in [1.82, 2.24) is 19.9 Å². The molecule has 0 bridgehead atoms. The zero-order valence-corrected chi connectivity index (χ0v) is 11.4. The summed E-state index contributed by atoms with van der Waals surface area (Å²) >= 11 is 0.